The molecule has 0 aliphatic carbocycles. The molecule has 0 fully saturated rings. The molecule has 2 aromatic rings. The molecule has 0 saturated heterocycles. The molecule has 172 valence electrons. The van der Waals surface area contributed by atoms with Crippen molar-refractivity contribution in [1.29, 1.82) is 0 Å². The summed E-state index contributed by atoms with van der Waals surface area (Å²) >= 11 is 3.52. The van der Waals surface area contributed by atoms with Crippen LogP contribution in [0.3, 0.4) is 0 Å². The van der Waals surface area contributed by atoms with Crippen LogP contribution in [0.2, 0.25) is 0 Å². The van der Waals surface area contributed by atoms with Crippen molar-refractivity contribution in [3.8, 4) is 11.8 Å². The first kappa shape index (κ1) is 24.9. The van der Waals surface area contributed by atoms with Gasteiger partial charge in [0.1, 0.15) is 5.41 Å². The third kappa shape index (κ3) is 4.80. The molecule has 1 N–H and O–H groups in total. The van der Waals surface area contributed by atoms with E-state index in [1.54, 1.807) is 0 Å². The molecule has 2 heterocycles. The topological polar surface area (TPSA) is 37.3 Å². The van der Waals surface area contributed by atoms with Crippen molar-refractivity contribution in [3.63, 3.8) is 0 Å². The number of hydrogen-bond donors (Lipinski definition) is 1. The van der Waals surface area contributed by atoms with E-state index in [9.17, 15) is 9.90 Å². The molecular weight excluding hydrogens is 432 g/mol. The van der Waals surface area contributed by atoms with Crippen molar-refractivity contribution in [2.24, 2.45) is 0 Å². The fraction of sp³-hybridized carbons (Fsp3) is 0.536. The Bertz CT molecular complexity index is 1060. The summed E-state index contributed by atoms with van der Waals surface area (Å²) in [5.41, 5.74) is 3.10. The van der Waals surface area contributed by atoms with E-state index < -0.39 is 11.4 Å². The maximum atomic E-state index is 12.1. The second-order valence-corrected chi connectivity index (χ2v) is 13.0. The van der Waals surface area contributed by atoms with Crippen LogP contribution in [-0.2, 0) is 22.0 Å². The van der Waals surface area contributed by atoms with Gasteiger partial charge in [-0.25, -0.2) is 0 Å². The number of aliphatic carboxylic acids is 1. The number of thiophene rings is 1. The molecule has 1 aromatic heterocycles. The maximum absolute atomic E-state index is 12.1. The summed E-state index contributed by atoms with van der Waals surface area (Å²) in [6, 6.07) is 8.61. The minimum absolute atomic E-state index is 0.116. The van der Waals surface area contributed by atoms with Crippen molar-refractivity contribution < 1.29 is 9.90 Å². The maximum Gasteiger partial charge on any atom is 0.314 e. The largest absolute Gasteiger partial charge is 0.481 e. The summed E-state index contributed by atoms with van der Waals surface area (Å²) in [6.07, 6.45) is 4.18. The van der Waals surface area contributed by atoms with Crippen molar-refractivity contribution in [2.75, 3.05) is 0 Å². The molecule has 1 aliphatic rings. The molecule has 0 bridgehead atoms. The molecular formula is C28H36O2S2. The molecule has 3 rings (SSSR count). The minimum Gasteiger partial charge on any atom is -0.481 e. The SMILES string of the molecule is CCCC(CC)(C(=O)O)c1ccc(C#Cc2cc3c(cc2CC)SC(C)(C)CC3(C)C)s1. The number of hydrogen-bond acceptors (Lipinski definition) is 3. The molecule has 1 aliphatic heterocycles. The van der Waals surface area contributed by atoms with Gasteiger partial charge in [-0.15, -0.1) is 23.1 Å². The molecule has 1 aromatic carbocycles. The Labute approximate surface area is 202 Å². The fourth-order valence-electron chi connectivity index (χ4n) is 5.19. The third-order valence-corrected chi connectivity index (χ3v) is 9.12. The van der Waals surface area contributed by atoms with E-state index in [0.717, 1.165) is 34.6 Å². The number of aryl methyl sites for hydroxylation is 1. The zero-order chi connectivity index (χ0) is 23.7. The lowest BCUT2D eigenvalue weighted by atomic mass is 9.76. The third-order valence-electron chi connectivity index (χ3n) is 6.66. The summed E-state index contributed by atoms with van der Waals surface area (Å²) in [4.78, 5) is 15.4. The minimum atomic E-state index is -0.798. The normalized spacial score (nSPS) is 18.2. The van der Waals surface area contributed by atoms with E-state index in [4.69, 9.17) is 0 Å². The Morgan fingerprint density at radius 2 is 1.84 bits per heavy atom. The van der Waals surface area contributed by atoms with E-state index in [1.165, 1.54) is 27.4 Å². The Morgan fingerprint density at radius 3 is 2.44 bits per heavy atom. The lowest BCUT2D eigenvalue weighted by molar-refractivity contribution is -0.144. The van der Waals surface area contributed by atoms with E-state index in [0.29, 0.717) is 12.8 Å². The molecule has 0 saturated carbocycles. The zero-order valence-electron chi connectivity index (χ0n) is 20.5. The Kier molecular flexibility index (Phi) is 7.23. The van der Waals surface area contributed by atoms with Gasteiger partial charge in [-0.3, -0.25) is 4.79 Å². The number of fused-ring (bicyclic) bond motifs is 1. The van der Waals surface area contributed by atoms with Gasteiger partial charge in [0.25, 0.3) is 0 Å². The molecule has 0 amide bonds. The number of carbonyl (C=O) groups is 1. The predicted molar refractivity (Wildman–Crippen MR) is 138 cm³/mol. The quantitative estimate of drug-likeness (QED) is 0.440. The van der Waals surface area contributed by atoms with E-state index in [-0.39, 0.29) is 10.2 Å². The lowest BCUT2D eigenvalue weighted by Gasteiger charge is -2.42. The van der Waals surface area contributed by atoms with Crippen molar-refractivity contribution >= 4 is 29.1 Å². The van der Waals surface area contributed by atoms with E-state index in [1.807, 2.05) is 37.7 Å². The number of thioether (sulfide) groups is 1. The summed E-state index contributed by atoms with van der Waals surface area (Å²) < 4.78 is 0.233. The highest BCUT2D eigenvalue weighted by Crippen LogP contribution is 2.51. The summed E-state index contributed by atoms with van der Waals surface area (Å²) in [5, 5.41) is 9.96. The zero-order valence-corrected chi connectivity index (χ0v) is 22.1. The highest BCUT2D eigenvalue weighted by Gasteiger charge is 2.39. The average Bonchev–Trinajstić information content (AvgIpc) is 3.17. The Morgan fingerprint density at radius 1 is 1.12 bits per heavy atom. The summed E-state index contributed by atoms with van der Waals surface area (Å²) in [7, 11) is 0. The smallest absolute Gasteiger partial charge is 0.314 e. The average molecular weight is 469 g/mol. The van der Waals surface area contributed by atoms with Gasteiger partial charge in [-0.1, -0.05) is 66.7 Å². The van der Waals surface area contributed by atoms with Crippen molar-refractivity contribution in [2.45, 2.75) is 101 Å². The molecule has 0 spiro atoms. The lowest BCUT2D eigenvalue weighted by Crippen LogP contribution is -2.34. The highest BCUT2D eigenvalue weighted by molar-refractivity contribution is 8.00. The van der Waals surface area contributed by atoms with Gasteiger partial charge in [0.2, 0.25) is 0 Å². The molecule has 1 atom stereocenters. The van der Waals surface area contributed by atoms with E-state index >= 15 is 0 Å². The van der Waals surface area contributed by atoms with Gasteiger partial charge in [-0.05, 0) is 66.5 Å². The van der Waals surface area contributed by atoms with Crippen LogP contribution in [0.1, 0.15) is 101 Å². The monoisotopic (exact) mass is 468 g/mol. The molecule has 4 heteroatoms. The Balaban J connectivity index is 2.00. The van der Waals surface area contributed by atoms with Gasteiger partial charge >= 0.3 is 5.97 Å². The summed E-state index contributed by atoms with van der Waals surface area (Å²) in [5.74, 6) is 6.06. The first-order valence-electron chi connectivity index (χ1n) is 11.7. The number of rotatable bonds is 6. The van der Waals surface area contributed by atoms with Crippen molar-refractivity contribution in [1.82, 2.24) is 0 Å². The van der Waals surface area contributed by atoms with Crippen LogP contribution in [0.15, 0.2) is 29.2 Å². The van der Waals surface area contributed by atoms with Crippen LogP contribution in [-0.4, -0.2) is 15.8 Å². The van der Waals surface area contributed by atoms with Crippen LogP contribution in [0.25, 0.3) is 0 Å². The van der Waals surface area contributed by atoms with Crippen LogP contribution in [0.5, 0.6) is 0 Å². The van der Waals surface area contributed by atoms with Crippen LogP contribution >= 0.6 is 23.1 Å². The van der Waals surface area contributed by atoms with Gasteiger partial charge < -0.3 is 5.11 Å². The standard InChI is InChI=1S/C28H36O2S2/c1-8-15-28(10-3,25(29)30)24-14-13-21(31-24)12-11-20-16-22-23(17-19(20)9-2)32-27(6,7)18-26(22,4)5/h13-14,16-17H,8-10,15,18H2,1-7H3,(H,29,30). The first-order chi connectivity index (χ1) is 15.0. The Hall–Kier alpha value is -1.70. The number of benzene rings is 1. The first-order valence-corrected chi connectivity index (χ1v) is 13.3. The fourth-order valence-corrected chi connectivity index (χ4v) is 8.01. The number of carboxylic acid groups (broad SMARTS) is 1. The van der Waals surface area contributed by atoms with Gasteiger partial charge in [0, 0.05) is 20.1 Å². The van der Waals surface area contributed by atoms with Gasteiger partial charge in [0.15, 0.2) is 0 Å². The predicted octanol–water partition coefficient (Wildman–Crippen LogP) is 7.79. The van der Waals surface area contributed by atoms with Crippen LogP contribution < -0.4 is 0 Å². The summed E-state index contributed by atoms with van der Waals surface area (Å²) in [6.45, 7) is 15.6. The molecule has 1 unspecified atom stereocenters. The van der Waals surface area contributed by atoms with Crippen LogP contribution in [0.4, 0.5) is 0 Å². The van der Waals surface area contributed by atoms with E-state index in [2.05, 4.69) is 58.6 Å². The molecule has 32 heavy (non-hydrogen) atoms. The van der Waals surface area contributed by atoms with Crippen LogP contribution in [0, 0.1) is 11.8 Å². The highest BCUT2D eigenvalue weighted by atomic mass is 32.2. The molecule has 2 nitrogen and oxygen atoms in total. The molecule has 0 radical (unpaired) electrons. The van der Waals surface area contributed by atoms with Gasteiger partial charge in [0.05, 0.1) is 4.88 Å². The second-order valence-electron chi connectivity index (χ2n) is 10.2. The number of carboxylic acids is 1. The van der Waals surface area contributed by atoms with Crippen molar-refractivity contribution in [3.05, 3.63) is 50.7 Å². The second kappa shape index (κ2) is 9.27. The van der Waals surface area contributed by atoms with Gasteiger partial charge in [-0.2, -0.15) is 0 Å².